The molecular weight excluding hydrogens is 328 g/mol. The third kappa shape index (κ3) is 3.31. The lowest BCUT2D eigenvalue weighted by Gasteiger charge is -2.24. The van der Waals surface area contributed by atoms with Gasteiger partial charge in [-0.15, -0.1) is 0 Å². The Hall–Kier alpha value is -2.96. The first-order valence-electron chi connectivity index (χ1n) is 7.83. The number of benzene rings is 2. The van der Waals surface area contributed by atoms with Crippen LogP contribution in [0.15, 0.2) is 48.5 Å². The first kappa shape index (κ1) is 16.9. The van der Waals surface area contributed by atoms with Crippen molar-refractivity contribution in [1.82, 2.24) is 4.90 Å². The molecule has 1 saturated heterocycles. The Balaban J connectivity index is 1.72. The molecule has 1 fully saturated rings. The summed E-state index contributed by atoms with van der Waals surface area (Å²) in [5.74, 6) is -1.96. The number of urea groups is 1. The van der Waals surface area contributed by atoms with E-state index < -0.39 is 29.4 Å². The first-order chi connectivity index (χ1) is 12.0. The van der Waals surface area contributed by atoms with Crippen LogP contribution in [0.4, 0.5) is 25.0 Å². The van der Waals surface area contributed by atoms with Gasteiger partial charge in [0.2, 0.25) is 5.91 Å². The number of para-hydroxylation sites is 2. The number of hydrogen-bond donors (Lipinski definition) is 1. The third-order valence-corrected chi connectivity index (χ3v) is 4.23. The molecule has 2 aromatic rings. The monoisotopic (exact) mass is 345 g/mol. The summed E-state index contributed by atoms with van der Waals surface area (Å²) in [4.78, 5) is 27.7. The van der Waals surface area contributed by atoms with Crippen LogP contribution in [0.25, 0.3) is 0 Å². The van der Waals surface area contributed by atoms with Crippen LogP contribution >= 0.6 is 0 Å². The molecule has 130 valence electrons. The molecule has 1 heterocycles. The van der Waals surface area contributed by atoms with Crippen LogP contribution in [0.3, 0.4) is 0 Å². The molecule has 7 heteroatoms. The minimum atomic E-state index is -0.870. The van der Waals surface area contributed by atoms with Gasteiger partial charge in [0.25, 0.3) is 0 Å². The van der Waals surface area contributed by atoms with Crippen molar-refractivity contribution in [2.45, 2.75) is 12.5 Å². The number of nitrogens with one attached hydrogen (secondary N) is 1. The second kappa shape index (κ2) is 6.88. The second-order valence-electron chi connectivity index (χ2n) is 5.77. The Morgan fingerprint density at radius 3 is 2.40 bits per heavy atom. The van der Waals surface area contributed by atoms with Gasteiger partial charge in [0.1, 0.15) is 23.4 Å². The third-order valence-electron chi connectivity index (χ3n) is 4.23. The van der Waals surface area contributed by atoms with Gasteiger partial charge >= 0.3 is 6.03 Å². The molecule has 0 aliphatic carbocycles. The Bertz CT molecular complexity index is 778. The average molecular weight is 345 g/mol. The van der Waals surface area contributed by atoms with Gasteiger partial charge in [-0.05, 0) is 30.7 Å². The minimum absolute atomic E-state index is 0.224. The van der Waals surface area contributed by atoms with Gasteiger partial charge in [0.05, 0.1) is 0 Å². The van der Waals surface area contributed by atoms with Crippen molar-refractivity contribution in [2.75, 3.05) is 23.8 Å². The van der Waals surface area contributed by atoms with Crippen LogP contribution in [-0.2, 0) is 4.79 Å². The van der Waals surface area contributed by atoms with Crippen LogP contribution in [0.1, 0.15) is 6.42 Å². The fourth-order valence-electron chi connectivity index (χ4n) is 2.84. The van der Waals surface area contributed by atoms with E-state index in [1.807, 2.05) is 30.3 Å². The zero-order valence-corrected chi connectivity index (χ0v) is 13.6. The van der Waals surface area contributed by atoms with E-state index in [0.717, 1.165) is 17.8 Å². The van der Waals surface area contributed by atoms with Crippen molar-refractivity contribution < 1.29 is 18.4 Å². The largest absolute Gasteiger partial charge is 0.322 e. The van der Waals surface area contributed by atoms with Gasteiger partial charge in [-0.1, -0.05) is 24.3 Å². The smallest absolute Gasteiger partial charge is 0.315 e. The van der Waals surface area contributed by atoms with Crippen LogP contribution in [0.5, 0.6) is 0 Å². The molecule has 0 spiro atoms. The molecule has 0 bridgehead atoms. The number of likely N-dealkylation sites (N-methyl/N-ethyl adjacent to an activating group) is 1. The van der Waals surface area contributed by atoms with Gasteiger partial charge in [-0.3, -0.25) is 4.79 Å². The maximum absolute atomic E-state index is 13.7. The Morgan fingerprint density at radius 1 is 1.12 bits per heavy atom. The number of rotatable bonds is 3. The topological polar surface area (TPSA) is 52.7 Å². The lowest BCUT2D eigenvalue weighted by Crippen LogP contribution is -2.45. The Kier molecular flexibility index (Phi) is 4.65. The minimum Gasteiger partial charge on any atom is -0.315 e. The lowest BCUT2D eigenvalue weighted by atomic mass is 10.2. The van der Waals surface area contributed by atoms with Gasteiger partial charge in [-0.2, -0.15) is 0 Å². The van der Waals surface area contributed by atoms with Crippen molar-refractivity contribution in [3.8, 4) is 0 Å². The van der Waals surface area contributed by atoms with Crippen molar-refractivity contribution >= 4 is 23.3 Å². The molecule has 2 aromatic carbocycles. The molecule has 25 heavy (non-hydrogen) atoms. The number of carbonyl (C=O) groups excluding carboxylic acids is 2. The number of amides is 3. The van der Waals surface area contributed by atoms with Gasteiger partial charge < -0.3 is 15.1 Å². The predicted molar refractivity (Wildman–Crippen MR) is 90.3 cm³/mol. The highest BCUT2D eigenvalue weighted by molar-refractivity contribution is 6.02. The van der Waals surface area contributed by atoms with Gasteiger partial charge in [-0.25, -0.2) is 13.6 Å². The molecule has 1 N–H and O–H groups in total. The summed E-state index contributed by atoms with van der Waals surface area (Å²) >= 11 is 0. The molecule has 0 aromatic heterocycles. The van der Waals surface area contributed by atoms with Crippen molar-refractivity contribution in [2.24, 2.45) is 0 Å². The summed E-state index contributed by atoms with van der Waals surface area (Å²) < 4.78 is 27.3. The molecule has 5 nitrogen and oxygen atoms in total. The second-order valence-corrected chi connectivity index (χ2v) is 5.77. The molecule has 0 radical (unpaired) electrons. The fraction of sp³-hybridized carbons (Fsp3) is 0.222. The Morgan fingerprint density at radius 2 is 1.76 bits per heavy atom. The molecule has 3 amide bonds. The van der Waals surface area contributed by atoms with Crippen LogP contribution in [-0.4, -0.2) is 36.5 Å². The van der Waals surface area contributed by atoms with E-state index >= 15 is 0 Å². The molecule has 0 saturated carbocycles. The van der Waals surface area contributed by atoms with Gasteiger partial charge in [0.15, 0.2) is 0 Å². The quantitative estimate of drug-likeness (QED) is 0.929. The predicted octanol–water partition coefficient (Wildman–Crippen LogP) is 3.23. The number of hydrogen-bond acceptors (Lipinski definition) is 2. The summed E-state index contributed by atoms with van der Waals surface area (Å²) in [6.45, 7) is 0.471. The summed E-state index contributed by atoms with van der Waals surface area (Å²) in [7, 11) is 1.44. The number of carbonyl (C=O) groups is 2. The Labute approximate surface area is 143 Å². The summed E-state index contributed by atoms with van der Waals surface area (Å²) in [6.07, 6.45) is 0.442. The number of anilines is 2. The van der Waals surface area contributed by atoms with Crippen LogP contribution < -0.4 is 10.2 Å². The highest BCUT2D eigenvalue weighted by Crippen LogP contribution is 2.25. The first-order valence-corrected chi connectivity index (χ1v) is 7.83. The zero-order valence-electron chi connectivity index (χ0n) is 13.6. The number of nitrogens with zero attached hydrogens (tertiary/aromatic N) is 2. The highest BCUT2D eigenvalue weighted by Gasteiger charge is 2.37. The fourth-order valence-corrected chi connectivity index (χ4v) is 2.84. The molecule has 0 unspecified atom stereocenters. The normalized spacial score (nSPS) is 16.8. The SMILES string of the molecule is CN(C(=O)Nc1c(F)cccc1F)[C@@H]1CCN(c2ccccc2)C1=O. The summed E-state index contributed by atoms with van der Waals surface area (Å²) in [5, 5.41) is 2.20. The molecule has 1 atom stereocenters. The van der Waals surface area contributed by atoms with E-state index in [1.165, 1.54) is 18.0 Å². The zero-order chi connectivity index (χ0) is 18.0. The average Bonchev–Trinajstić information content (AvgIpc) is 2.99. The maximum Gasteiger partial charge on any atom is 0.322 e. The van der Waals surface area contributed by atoms with E-state index in [0.29, 0.717) is 13.0 Å². The van der Waals surface area contributed by atoms with E-state index in [4.69, 9.17) is 0 Å². The van der Waals surface area contributed by atoms with Crippen molar-refractivity contribution in [3.63, 3.8) is 0 Å². The highest BCUT2D eigenvalue weighted by atomic mass is 19.1. The summed E-state index contributed by atoms with van der Waals surface area (Å²) in [5.41, 5.74) is 0.230. The van der Waals surface area contributed by atoms with Crippen molar-refractivity contribution in [3.05, 3.63) is 60.2 Å². The molecule has 1 aliphatic rings. The maximum atomic E-state index is 13.7. The van der Waals surface area contributed by atoms with Crippen molar-refractivity contribution in [1.29, 1.82) is 0 Å². The molecular formula is C18H17F2N3O2. The van der Waals surface area contributed by atoms with Crippen LogP contribution in [0.2, 0.25) is 0 Å². The molecule has 1 aliphatic heterocycles. The lowest BCUT2D eigenvalue weighted by molar-refractivity contribution is -0.120. The van der Waals surface area contributed by atoms with E-state index in [1.54, 1.807) is 4.90 Å². The summed E-state index contributed by atoms with van der Waals surface area (Å²) in [6, 6.07) is 11.0. The van der Waals surface area contributed by atoms with E-state index in [2.05, 4.69) is 5.32 Å². The van der Waals surface area contributed by atoms with Gasteiger partial charge in [0, 0.05) is 19.3 Å². The van der Waals surface area contributed by atoms with Crippen LogP contribution in [0, 0.1) is 11.6 Å². The molecule has 3 rings (SSSR count). The standard InChI is InChI=1S/C18H17F2N3O2/c1-22(18(25)21-16-13(19)8-5-9-14(16)20)15-10-11-23(17(15)24)12-6-3-2-4-7-12/h2-9,15H,10-11H2,1H3,(H,21,25)/t15-/m1/s1. The van der Waals surface area contributed by atoms with E-state index in [-0.39, 0.29) is 5.91 Å². The van der Waals surface area contributed by atoms with E-state index in [9.17, 15) is 18.4 Å². The number of halogens is 2.